The average molecular weight is 296 g/mol. The average Bonchev–Trinajstić information content (AvgIpc) is 2.59. The summed E-state index contributed by atoms with van der Waals surface area (Å²) in [6, 6.07) is 17.3. The molecule has 0 bridgehead atoms. The summed E-state index contributed by atoms with van der Waals surface area (Å²) in [6.45, 7) is 0.267. The van der Waals surface area contributed by atoms with Crippen molar-refractivity contribution < 1.29 is 9.84 Å². The van der Waals surface area contributed by atoms with Crippen LogP contribution in [0.1, 0.15) is 47.8 Å². The van der Waals surface area contributed by atoms with Crippen LogP contribution in [0.4, 0.5) is 0 Å². The zero-order valence-corrected chi connectivity index (χ0v) is 13.2. The van der Waals surface area contributed by atoms with E-state index in [9.17, 15) is 5.11 Å². The Labute approximate surface area is 132 Å². The Bertz CT molecular complexity index is 606. The number of hydrogen-bond acceptors (Lipinski definition) is 2. The minimum Gasteiger partial charge on any atom is -0.497 e. The van der Waals surface area contributed by atoms with E-state index in [4.69, 9.17) is 4.74 Å². The van der Waals surface area contributed by atoms with Crippen LogP contribution in [0.5, 0.6) is 5.75 Å². The van der Waals surface area contributed by atoms with E-state index in [1.165, 1.54) is 23.1 Å². The third-order valence-electron chi connectivity index (χ3n) is 4.86. The normalized spacial score (nSPS) is 20.5. The second-order valence-electron chi connectivity index (χ2n) is 6.09. The molecule has 2 aromatic rings. The molecule has 2 heteroatoms. The standard InChI is InChI=1S/C20H24O2/c1-22-17-10-12-19-16(14-17)9-11-18(20(19)8-5-13-21)15-6-3-2-4-7-15/h2-4,6-7,10,12,14,18,20-21H,5,8-9,11,13H2,1H3. The Morgan fingerprint density at radius 3 is 2.68 bits per heavy atom. The van der Waals surface area contributed by atoms with Gasteiger partial charge in [-0.25, -0.2) is 0 Å². The van der Waals surface area contributed by atoms with Gasteiger partial charge in [0, 0.05) is 6.61 Å². The molecule has 0 amide bonds. The molecule has 0 fully saturated rings. The van der Waals surface area contributed by atoms with Gasteiger partial charge in [0.15, 0.2) is 0 Å². The van der Waals surface area contributed by atoms with Crippen molar-refractivity contribution in [2.75, 3.05) is 13.7 Å². The number of rotatable bonds is 5. The molecular formula is C20H24O2. The first-order valence-corrected chi connectivity index (χ1v) is 8.16. The lowest BCUT2D eigenvalue weighted by Gasteiger charge is -2.34. The number of fused-ring (bicyclic) bond motifs is 1. The van der Waals surface area contributed by atoms with Gasteiger partial charge in [-0.3, -0.25) is 0 Å². The zero-order valence-electron chi connectivity index (χ0n) is 13.2. The van der Waals surface area contributed by atoms with Gasteiger partial charge in [-0.1, -0.05) is 36.4 Å². The van der Waals surface area contributed by atoms with Crippen molar-refractivity contribution in [3.63, 3.8) is 0 Å². The lowest BCUT2D eigenvalue weighted by molar-refractivity contribution is 0.273. The molecule has 0 aromatic heterocycles. The highest BCUT2D eigenvalue weighted by molar-refractivity contribution is 5.42. The van der Waals surface area contributed by atoms with Crippen molar-refractivity contribution in [2.45, 2.75) is 37.5 Å². The van der Waals surface area contributed by atoms with Crippen LogP contribution < -0.4 is 4.74 Å². The van der Waals surface area contributed by atoms with Gasteiger partial charge in [-0.2, -0.15) is 0 Å². The van der Waals surface area contributed by atoms with Crippen LogP contribution in [0.15, 0.2) is 48.5 Å². The van der Waals surface area contributed by atoms with Crippen molar-refractivity contribution in [3.8, 4) is 5.75 Å². The second-order valence-corrected chi connectivity index (χ2v) is 6.09. The Morgan fingerprint density at radius 2 is 1.95 bits per heavy atom. The summed E-state index contributed by atoms with van der Waals surface area (Å²) >= 11 is 0. The number of ether oxygens (including phenoxy) is 1. The van der Waals surface area contributed by atoms with Crippen molar-refractivity contribution in [1.82, 2.24) is 0 Å². The molecule has 116 valence electrons. The molecule has 1 aliphatic carbocycles. The maximum Gasteiger partial charge on any atom is 0.119 e. The molecule has 1 N–H and O–H groups in total. The molecule has 2 nitrogen and oxygen atoms in total. The summed E-state index contributed by atoms with van der Waals surface area (Å²) in [5.74, 6) is 1.98. The molecule has 2 unspecified atom stereocenters. The van der Waals surface area contributed by atoms with Gasteiger partial charge >= 0.3 is 0 Å². The summed E-state index contributed by atoms with van der Waals surface area (Å²) in [5.41, 5.74) is 4.27. The predicted molar refractivity (Wildman–Crippen MR) is 89.6 cm³/mol. The van der Waals surface area contributed by atoms with Crippen molar-refractivity contribution in [3.05, 3.63) is 65.2 Å². The lowest BCUT2D eigenvalue weighted by Crippen LogP contribution is -2.20. The molecule has 0 radical (unpaired) electrons. The zero-order chi connectivity index (χ0) is 15.4. The highest BCUT2D eigenvalue weighted by Gasteiger charge is 2.30. The molecule has 0 spiro atoms. The quantitative estimate of drug-likeness (QED) is 0.892. The molecule has 0 saturated heterocycles. The third kappa shape index (κ3) is 3.02. The molecule has 0 aliphatic heterocycles. The smallest absolute Gasteiger partial charge is 0.119 e. The second kappa shape index (κ2) is 6.97. The van der Waals surface area contributed by atoms with Crippen molar-refractivity contribution >= 4 is 0 Å². The van der Waals surface area contributed by atoms with E-state index in [0.717, 1.165) is 25.0 Å². The lowest BCUT2D eigenvalue weighted by atomic mass is 9.70. The highest BCUT2D eigenvalue weighted by atomic mass is 16.5. The van der Waals surface area contributed by atoms with Gasteiger partial charge in [-0.05, 0) is 66.3 Å². The van der Waals surface area contributed by atoms with Gasteiger partial charge in [0.1, 0.15) is 5.75 Å². The van der Waals surface area contributed by atoms with Gasteiger partial charge in [0.2, 0.25) is 0 Å². The number of benzene rings is 2. The first kappa shape index (κ1) is 15.1. The number of aryl methyl sites for hydroxylation is 1. The number of methoxy groups -OCH3 is 1. The molecule has 0 heterocycles. The van der Waals surface area contributed by atoms with Crippen LogP contribution in [0, 0.1) is 0 Å². The topological polar surface area (TPSA) is 29.5 Å². The first-order valence-electron chi connectivity index (χ1n) is 8.16. The highest BCUT2D eigenvalue weighted by Crippen LogP contribution is 2.45. The van der Waals surface area contributed by atoms with Crippen molar-refractivity contribution in [2.24, 2.45) is 0 Å². The fraction of sp³-hybridized carbons (Fsp3) is 0.400. The van der Waals surface area contributed by atoms with Crippen LogP contribution in [0.25, 0.3) is 0 Å². The molecule has 1 aliphatic rings. The maximum atomic E-state index is 9.26. The molecule has 3 rings (SSSR count). The SMILES string of the molecule is COc1ccc2c(c1)CCC(c1ccccc1)C2CCCO. The van der Waals surface area contributed by atoms with Crippen LogP contribution in [0.3, 0.4) is 0 Å². The van der Waals surface area contributed by atoms with Gasteiger partial charge in [0.05, 0.1) is 7.11 Å². The Morgan fingerprint density at radius 1 is 1.14 bits per heavy atom. The third-order valence-corrected chi connectivity index (χ3v) is 4.86. The molecule has 2 atom stereocenters. The summed E-state index contributed by atoms with van der Waals surface area (Å²) in [4.78, 5) is 0. The van der Waals surface area contributed by atoms with Crippen molar-refractivity contribution in [1.29, 1.82) is 0 Å². The Kier molecular flexibility index (Phi) is 4.79. The van der Waals surface area contributed by atoms with Crippen LogP contribution >= 0.6 is 0 Å². The largest absolute Gasteiger partial charge is 0.497 e. The fourth-order valence-corrected chi connectivity index (χ4v) is 3.78. The van der Waals surface area contributed by atoms with Gasteiger partial charge in [0.25, 0.3) is 0 Å². The minimum absolute atomic E-state index is 0.267. The van der Waals surface area contributed by atoms with E-state index in [1.54, 1.807) is 7.11 Å². The molecule has 22 heavy (non-hydrogen) atoms. The van der Waals surface area contributed by atoms with Crippen LogP contribution in [-0.4, -0.2) is 18.8 Å². The Balaban J connectivity index is 1.95. The summed E-state index contributed by atoms with van der Waals surface area (Å²) in [7, 11) is 1.72. The number of aliphatic hydroxyl groups excluding tert-OH is 1. The van der Waals surface area contributed by atoms with Crippen LogP contribution in [0.2, 0.25) is 0 Å². The maximum absolute atomic E-state index is 9.26. The van der Waals surface area contributed by atoms with Crippen LogP contribution in [-0.2, 0) is 6.42 Å². The molecule has 0 saturated carbocycles. The minimum atomic E-state index is 0.267. The Hall–Kier alpha value is -1.80. The van der Waals surface area contributed by atoms with Gasteiger partial charge in [-0.15, -0.1) is 0 Å². The number of hydrogen-bond donors (Lipinski definition) is 1. The first-order chi connectivity index (χ1) is 10.8. The fourth-order valence-electron chi connectivity index (χ4n) is 3.78. The summed E-state index contributed by atoms with van der Waals surface area (Å²) in [5, 5.41) is 9.26. The molecular weight excluding hydrogens is 272 g/mol. The summed E-state index contributed by atoms with van der Waals surface area (Å²) in [6.07, 6.45) is 4.16. The van der Waals surface area contributed by atoms with Gasteiger partial charge < -0.3 is 9.84 Å². The molecule has 2 aromatic carbocycles. The van der Waals surface area contributed by atoms with E-state index >= 15 is 0 Å². The monoisotopic (exact) mass is 296 g/mol. The summed E-state index contributed by atoms with van der Waals surface area (Å²) < 4.78 is 5.37. The predicted octanol–water partition coefficient (Wildman–Crippen LogP) is 4.28. The van der Waals surface area contributed by atoms with E-state index in [1.807, 2.05) is 0 Å². The number of aliphatic hydroxyl groups is 1. The van der Waals surface area contributed by atoms with E-state index in [2.05, 4.69) is 48.5 Å². The van der Waals surface area contributed by atoms with E-state index in [0.29, 0.717) is 11.8 Å². The van der Waals surface area contributed by atoms with E-state index in [-0.39, 0.29) is 6.61 Å². The van der Waals surface area contributed by atoms with E-state index < -0.39 is 0 Å².